The maximum atomic E-state index is 12.5. The number of nitrogens with one attached hydrogen (secondary N) is 1. The Morgan fingerprint density at radius 1 is 1.14 bits per heavy atom. The number of anilines is 1. The lowest BCUT2D eigenvalue weighted by Gasteiger charge is -2.29. The van der Waals surface area contributed by atoms with Gasteiger partial charge in [0.2, 0.25) is 5.91 Å². The Kier molecular flexibility index (Phi) is 5.51. The SMILES string of the molecule is CCC(CC)(C(=O)Nc1ccc(C(C)(C)C)cc1)C(N)=S. The van der Waals surface area contributed by atoms with E-state index in [0.29, 0.717) is 12.8 Å². The third kappa shape index (κ3) is 3.82. The van der Waals surface area contributed by atoms with E-state index >= 15 is 0 Å². The largest absolute Gasteiger partial charge is 0.392 e. The monoisotopic (exact) mass is 306 g/mol. The van der Waals surface area contributed by atoms with Gasteiger partial charge in [0.25, 0.3) is 0 Å². The molecule has 0 atom stereocenters. The van der Waals surface area contributed by atoms with Crippen molar-refractivity contribution < 1.29 is 4.79 Å². The zero-order chi connectivity index (χ0) is 16.3. The molecule has 0 aliphatic carbocycles. The van der Waals surface area contributed by atoms with Crippen LogP contribution in [0.4, 0.5) is 5.69 Å². The lowest BCUT2D eigenvalue weighted by molar-refractivity contribution is -0.122. The number of carbonyl (C=O) groups excluding carboxylic acids is 1. The average Bonchev–Trinajstić information content (AvgIpc) is 2.40. The van der Waals surface area contributed by atoms with Crippen LogP contribution in [-0.4, -0.2) is 10.9 Å². The van der Waals surface area contributed by atoms with Gasteiger partial charge in [-0.3, -0.25) is 4.79 Å². The smallest absolute Gasteiger partial charge is 0.237 e. The second kappa shape index (κ2) is 6.56. The van der Waals surface area contributed by atoms with Crippen LogP contribution in [0.2, 0.25) is 0 Å². The first-order valence-electron chi connectivity index (χ1n) is 7.39. The first-order valence-corrected chi connectivity index (χ1v) is 7.80. The highest BCUT2D eigenvalue weighted by atomic mass is 32.1. The fraction of sp³-hybridized carbons (Fsp3) is 0.529. The zero-order valence-electron chi connectivity index (χ0n) is 13.6. The summed E-state index contributed by atoms with van der Waals surface area (Å²) in [6.45, 7) is 10.3. The first-order chi connectivity index (χ1) is 9.67. The molecule has 4 heteroatoms. The van der Waals surface area contributed by atoms with Crippen LogP contribution < -0.4 is 11.1 Å². The van der Waals surface area contributed by atoms with Crippen LogP contribution in [0.1, 0.15) is 53.0 Å². The van der Waals surface area contributed by atoms with Crippen molar-refractivity contribution in [2.24, 2.45) is 11.1 Å². The Hall–Kier alpha value is -1.42. The normalized spacial score (nSPS) is 12.0. The van der Waals surface area contributed by atoms with Crippen molar-refractivity contribution in [3.63, 3.8) is 0 Å². The third-order valence-electron chi connectivity index (χ3n) is 4.12. The summed E-state index contributed by atoms with van der Waals surface area (Å²) < 4.78 is 0. The van der Waals surface area contributed by atoms with E-state index in [4.69, 9.17) is 18.0 Å². The molecule has 0 unspecified atom stereocenters. The molecule has 0 aliphatic heterocycles. The Labute approximate surface area is 133 Å². The number of amides is 1. The third-order valence-corrected chi connectivity index (χ3v) is 4.51. The molecule has 1 aromatic rings. The summed E-state index contributed by atoms with van der Waals surface area (Å²) in [5, 5.41) is 2.94. The summed E-state index contributed by atoms with van der Waals surface area (Å²) in [6, 6.07) is 7.92. The fourth-order valence-corrected chi connectivity index (χ4v) is 2.72. The predicted octanol–water partition coefficient (Wildman–Crippen LogP) is 4.02. The van der Waals surface area contributed by atoms with Crippen molar-refractivity contribution in [2.45, 2.75) is 52.9 Å². The second-order valence-corrected chi connectivity index (χ2v) is 6.87. The van der Waals surface area contributed by atoms with Crippen molar-refractivity contribution >= 4 is 28.8 Å². The molecule has 1 rings (SSSR count). The highest BCUT2D eigenvalue weighted by molar-refractivity contribution is 7.80. The Morgan fingerprint density at radius 3 is 1.95 bits per heavy atom. The maximum absolute atomic E-state index is 12.5. The van der Waals surface area contributed by atoms with Crippen LogP contribution in [0.3, 0.4) is 0 Å². The predicted molar refractivity (Wildman–Crippen MR) is 93.6 cm³/mol. The van der Waals surface area contributed by atoms with Gasteiger partial charge >= 0.3 is 0 Å². The van der Waals surface area contributed by atoms with Gasteiger partial charge in [-0.1, -0.05) is 59.0 Å². The van der Waals surface area contributed by atoms with Gasteiger partial charge in [-0.05, 0) is 36.0 Å². The van der Waals surface area contributed by atoms with Gasteiger partial charge in [0.15, 0.2) is 0 Å². The minimum atomic E-state index is -0.766. The lowest BCUT2D eigenvalue weighted by Crippen LogP contribution is -2.45. The van der Waals surface area contributed by atoms with E-state index in [1.165, 1.54) is 5.56 Å². The topological polar surface area (TPSA) is 55.1 Å². The summed E-state index contributed by atoms with van der Waals surface area (Å²) in [6.07, 6.45) is 1.20. The van der Waals surface area contributed by atoms with Crippen LogP contribution in [0, 0.1) is 5.41 Å². The zero-order valence-corrected chi connectivity index (χ0v) is 14.4. The van der Waals surface area contributed by atoms with E-state index in [1.54, 1.807) is 0 Å². The molecule has 0 bridgehead atoms. The molecule has 116 valence electrons. The number of benzene rings is 1. The summed E-state index contributed by atoms with van der Waals surface area (Å²) >= 11 is 5.11. The van der Waals surface area contributed by atoms with Gasteiger partial charge in [-0.15, -0.1) is 0 Å². The highest BCUT2D eigenvalue weighted by Crippen LogP contribution is 2.29. The number of nitrogens with two attached hydrogens (primary N) is 1. The molecule has 0 aliphatic rings. The van der Waals surface area contributed by atoms with E-state index in [0.717, 1.165) is 5.69 Å². The Balaban J connectivity index is 2.95. The van der Waals surface area contributed by atoms with Gasteiger partial charge in [0.1, 0.15) is 0 Å². The molecule has 0 radical (unpaired) electrons. The van der Waals surface area contributed by atoms with Crippen molar-refractivity contribution in [1.82, 2.24) is 0 Å². The number of rotatable bonds is 5. The van der Waals surface area contributed by atoms with Gasteiger partial charge in [-0.25, -0.2) is 0 Å². The van der Waals surface area contributed by atoms with Crippen LogP contribution in [0.5, 0.6) is 0 Å². The van der Waals surface area contributed by atoms with Gasteiger partial charge in [0.05, 0.1) is 10.4 Å². The molecule has 1 aromatic carbocycles. The second-order valence-electron chi connectivity index (χ2n) is 6.43. The number of hydrogen-bond donors (Lipinski definition) is 2. The number of thiocarbonyl (C=S) groups is 1. The minimum absolute atomic E-state index is 0.0952. The van der Waals surface area contributed by atoms with Crippen molar-refractivity contribution in [1.29, 1.82) is 0 Å². The Morgan fingerprint density at radius 2 is 1.62 bits per heavy atom. The van der Waals surface area contributed by atoms with Crippen LogP contribution in [0.25, 0.3) is 0 Å². The fourth-order valence-electron chi connectivity index (χ4n) is 2.34. The van der Waals surface area contributed by atoms with Crippen LogP contribution >= 0.6 is 12.2 Å². The standard InChI is InChI=1S/C17H26N2OS/c1-6-17(7-2,14(18)21)15(20)19-13-10-8-12(9-11-13)16(3,4)5/h8-11H,6-7H2,1-5H3,(H2,18,21)(H,19,20). The van der Waals surface area contributed by atoms with E-state index in [-0.39, 0.29) is 16.3 Å². The molecule has 3 nitrogen and oxygen atoms in total. The molecule has 0 saturated carbocycles. The Bertz CT molecular complexity index is 511. The molecule has 21 heavy (non-hydrogen) atoms. The molecule has 1 amide bonds. The molecular formula is C17H26N2OS. The lowest BCUT2D eigenvalue weighted by atomic mass is 9.81. The van der Waals surface area contributed by atoms with Gasteiger partial charge in [0, 0.05) is 5.69 Å². The van der Waals surface area contributed by atoms with Crippen molar-refractivity contribution in [3.8, 4) is 0 Å². The van der Waals surface area contributed by atoms with Crippen molar-refractivity contribution in [3.05, 3.63) is 29.8 Å². The van der Waals surface area contributed by atoms with E-state index in [1.807, 2.05) is 38.1 Å². The molecule has 0 aromatic heterocycles. The summed E-state index contributed by atoms with van der Waals surface area (Å²) in [4.78, 5) is 12.8. The average molecular weight is 306 g/mol. The summed E-state index contributed by atoms with van der Waals surface area (Å²) in [5.74, 6) is -0.122. The molecule has 3 N–H and O–H groups in total. The molecule has 0 spiro atoms. The van der Waals surface area contributed by atoms with E-state index in [2.05, 4.69) is 26.1 Å². The molecular weight excluding hydrogens is 280 g/mol. The summed E-state index contributed by atoms with van der Waals surface area (Å²) in [7, 11) is 0. The summed E-state index contributed by atoms with van der Waals surface area (Å²) in [5.41, 5.74) is 7.13. The molecule has 0 heterocycles. The van der Waals surface area contributed by atoms with Crippen LogP contribution in [0.15, 0.2) is 24.3 Å². The van der Waals surface area contributed by atoms with E-state index < -0.39 is 5.41 Å². The maximum Gasteiger partial charge on any atom is 0.237 e. The quantitative estimate of drug-likeness (QED) is 0.808. The minimum Gasteiger partial charge on any atom is -0.392 e. The first kappa shape index (κ1) is 17.6. The van der Waals surface area contributed by atoms with E-state index in [9.17, 15) is 4.79 Å². The van der Waals surface area contributed by atoms with Crippen molar-refractivity contribution in [2.75, 3.05) is 5.32 Å². The molecule has 0 saturated heterocycles. The van der Waals surface area contributed by atoms with Gasteiger partial charge in [-0.2, -0.15) is 0 Å². The highest BCUT2D eigenvalue weighted by Gasteiger charge is 2.38. The molecule has 0 fully saturated rings. The van der Waals surface area contributed by atoms with Gasteiger partial charge < -0.3 is 11.1 Å². The van der Waals surface area contributed by atoms with Crippen LogP contribution in [-0.2, 0) is 10.2 Å². The number of hydrogen-bond acceptors (Lipinski definition) is 2. The number of carbonyl (C=O) groups is 1.